The molecule has 1 fully saturated rings. The second-order valence-corrected chi connectivity index (χ2v) is 12.4. The number of methoxy groups -OCH3 is 1. The first kappa shape index (κ1) is 31.4. The third kappa shape index (κ3) is 7.64. The van der Waals surface area contributed by atoms with Crippen molar-refractivity contribution in [1.82, 2.24) is 14.6 Å². The number of carbonyl (C=O) groups excluding carboxylic acids is 1. The second-order valence-electron chi connectivity index (χ2n) is 11.5. The SMILES string of the molecule is COC(=O)[C@@H](OC(C)(C)C)c1c(C)nc2cc(-c3cccc(Br)c3)nn2c1N1CCC(C)(OCCOCCO)CC1. The van der Waals surface area contributed by atoms with Crippen LogP contribution in [0.4, 0.5) is 5.82 Å². The number of benzene rings is 1. The molecule has 1 N–H and O–H groups in total. The van der Waals surface area contributed by atoms with Gasteiger partial charge in [-0.25, -0.2) is 9.78 Å². The van der Waals surface area contributed by atoms with Crippen molar-refractivity contribution in [3.8, 4) is 11.3 Å². The average molecular weight is 634 g/mol. The summed E-state index contributed by atoms with van der Waals surface area (Å²) in [5.41, 5.74) is 2.79. The van der Waals surface area contributed by atoms with Crippen molar-refractivity contribution in [3.05, 3.63) is 46.1 Å². The minimum atomic E-state index is -0.987. The molecule has 0 unspecified atom stereocenters. The number of fused-ring (bicyclic) bond motifs is 1. The fourth-order valence-corrected chi connectivity index (χ4v) is 5.45. The lowest BCUT2D eigenvalue weighted by atomic mass is 9.92. The molecule has 3 aromatic rings. The molecule has 2 aromatic heterocycles. The van der Waals surface area contributed by atoms with Crippen LogP contribution in [-0.2, 0) is 23.7 Å². The molecular weight excluding hydrogens is 592 g/mol. The van der Waals surface area contributed by atoms with Gasteiger partial charge in [-0.3, -0.25) is 0 Å². The number of nitrogens with zero attached hydrogens (tertiary/aromatic N) is 4. The maximum atomic E-state index is 13.2. The van der Waals surface area contributed by atoms with Crippen LogP contribution in [0.1, 0.15) is 57.9 Å². The zero-order valence-corrected chi connectivity index (χ0v) is 26.4. The van der Waals surface area contributed by atoms with Crippen molar-refractivity contribution in [1.29, 1.82) is 0 Å². The summed E-state index contributed by atoms with van der Waals surface area (Å²) in [4.78, 5) is 20.3. The molecule has 0 saturated carbocycles. The van der Waals surface area contributed by atoms with E-state index >= 15 is 0 Å². The Morgan fingerprint density at radius 3 is 2.54 bits per heavy atom. The Morgan fingerprint density at radius 2 is 1.90 bits per heavy atom. The minimum absolute atomic E-state index is 0.00341. The Balaban J connectivity index is 1.76. The molecule has 3 heterocycles. The highest BCUT2D eigenvalue weighted by molar-refractivity contribution is 9.10. The predicted molar refractivity (Wildman–Crippen MR) is 160 cm³/mol. The quantitative estimate of drug-likeness (QED) is 0.234. The van der Waals surface area contributed by atoms with Crippen molar-refractivity contribution in [2.75, 3.05) is 51.5 Å². The lowest BCUT2D eigenvalue weighted by Crippen LogP contribution is -2.46. The van der Waals surface area contributed by atoms with Gasteiger partial charge in [0.15, 0.2) is 11.8 Å². The highest BCUT2D eigenvalue weighted by Gasteiger charge is 2.38. The molecule has 0 bridgehead atoms. The van der Waals surface area contributed by atoms with E-state index in [2.05, 4.69) is 27.8 Å². The number of aryl methyl sites for hydroxylation is 1. The van der Waals surface area contributed by atoms with Crippen LogP contribution in [0.3, 0.4) is 0 Å². The molecule has 0 aliphatic carbocycles. The molecule has 0 amide bonds. The highest BCUT2D eigenvalue weighted by Crippen LogP contribution is 2.38. The van der Waals surface area contributed by atoms with E-state index in [4.69, 9.17) is 34.1 Å². The number of hydrogen-bond acceptors (Lipinski definition) is 9. The van der Waals surface area contributed by atoms with Gasteiger partial charge in [0.2, 0.25) is 0 Å². The van der Waals surface area contributed by atoms with Crippen molar-refractivity contribution < 1.29 is 28.8 Å². The van der Waals surface area contributed by atoms with Crippen LogP contribution in [0.2, 0.25) is 0 Å². The molecule has 0 spiro atoms. The number of hydrogen-bond donors (Lipinski definition) is 1. The van der Waals surface area contributed by atoms with E-state index < -0.39 is 17.7 Å². The predicted octanol–water partition coefficient (Wildman–Crippen LogP) is 4.88. The standard InChI is InChI=1S/C30H41BrN4O6/c1-20-25(26(28(37)38-6)41-29(2,3)4)27(34-12-10-30(5,11-13-34)40-17-16-39-15-14-36)35-24(32-20)19-23(33-35)21-8-7-9-22(31)18-21/h7-9,18-19,26,36H,10-17H2,1-6H3/t26-/m0/s1. The van der Waals surface area contributed by atoms with E-state index in [9.17, 15) is 4.79 Å². The van der Waals surface area contributed by atoms with Crippen LogP contribution in [0.15, 0.2) is 34.8 Å². The van der Waals surface area contributed by atoms with Gasteiger partial charge < -0.3 is 29.0 Å². The van der Waals surface area contributed by atoms with Gasteiger partial charge in [-0.05, 0) is 59.6 Å². The Bertz CT molecular complexity index is 1350. The molecule has 1 saturated heterocycles. The first-order valence-corrected chi connectivity index (χ1v) is 14.7. The average Bonchev–Trinajstić information content (AvgIpc) is 3.34. The van der Waals surface area contributed by atoms with Gasteiger partial charge in [0.25, 0.3) is 0 Å². The lowest BCUT2D eigenvalue weighted by molar-refractivity contribution is -0.164. The number of carbonyl (C=O) groups is 1. The number of aromatic nitrogens is 3. The van der Waals surface area contributed by atoms with E-state index in [1.54, 1.807) is 0 Å². The number of halogens is 1. The molecule has 1 aromatic carbocycles. The molecule has 0 radical (unpaired) electrons. The van der Waals surface area contributed by atoms with Crippen LogP contribution < -0.4 is 4.90 Å². The van der Waals surface area contributed by atoms with Gasteiger partial charge in [0, 0.05) is 34.9 Å². The summed E-state index contributed by atoms with van der Waals surface area (Å²) in [5.74, 6) is 0.277. The number of esters is 1. The molecule has 1 aliphatic heterocycles. The number of rotatable bonds is 11. The summed E-state index contributed by atoms with van der Waals surface area (Å²) < 4.78 is 25.9. The van der Waals surface area contributed by atoms with Gasteiger partial charge >= 0.3 is 5.97 Å². The maximum absolute atomic E-state index is 13.2. The van der Waals surface area contributed by atoms with Crippen molar-refractivity contribution in [2.45, 2.75) is 64.8 Å². The van der Waals surface area contributed by atoms with Crippen LogP contribution in [0.25, 0.3) is 16.9 Å². The van der Waals surface area contributed by atoms with E-state index in [0.717, 1.165) is 34.4 Å². The first-order valence-electron chi connectivity index (χ1n) is 13.9. The van der Waals surface area contributed by atoms with E-state index in [0.29, 0.717) is 49.8 Å². The van der Waals surface area contributed by atoms with Gasteiger partial charge in [0.05, 0.1) is 56.0 Å². The van der Waals surface area contributed by atoms with E-state index in [-0.39, 0.29) is 12.2 Å². The largest absolute Gasteiger partial charge is 0.467 e. The summed E-state index contributed by atoms with van der Waals surface area (Å²) in [7, 11) is 1.37. The minimum Gasteiger partial charge on any atom is -0.467 e. The lowest BCUT2D eigenvalue weighted by Gasteiger charge is -2.41. The molecule has 10 nitrogen and oxygen atoms in total. The monoisotopic (exact) mass is 632 g/mol. The highest BCUT2D eigenvalue weighted by atomic mass is 79.9. The maximum Gasteiger partial charge on any atom is 0.339 e. The summed E-state index contributed by atoms with van der Waals surface area (Å²) in [6, 6.07) is 9.93. The van der Waals surface area contributed by atoms with Gasteiger partial charge in [-0.2, -0.15) is 9.61 Å². The normalized spacial score (nSPS) is 16.2. The van der Waals surface area contributed by atoms with E-state index in [1.807, 2.05) is 62.5 Å². The third-order valence-electron chi connectivity index (χ3n) is 7.11. The number of ether oxygens (including phenoxy) is 4. The Labute approximate surface area is 250 Å². The van der Waals surface area contributed by atoms with Gasteiger partial charge in [0.1, 0.15) is 5.82 Å². The smallest absolute Gasteiger partial charge is 0.339 e. The third-order valence-corrected chi connectivity index (χ3v) is 7.60. The summed E-state index contributed by atoms with van der Waals surface area (Å²) in [6.45, 7) is 12.3. The molecule has 1 atom stereocenters. The Kier molecular flexibility index (Phi) is 10.1. The fraction of sp³-hybridized carbons (Fsp3) is 0.567. The van der Waals surface area contributed by atoms with Crippen molar-refractivity contribution >= 4 is 33.4 Å². The molecule has 4 rings (SSSR count). The molecule has 11 heteroatoms. The molecular formula is C30H41BrN4O6. The number of aliphatic hydroxyl groups is 1. The van der Waals surface area contributed by atoms with Crippen LogP contribution in [0, 0.1) is 6.92 Å². The molecule has 41 heavy (non-hydrogen) atoms. The fourth-order valence-electron chi connectivity index (χ4n) is 5.05. The number of anilines is 1. The van der Waals surface area contributed by atoms with Crippen LogP contribution in [0.5, 0.6) is 0 Å². The summed E-state index contributed by atoms with van der Waals surface area (Å²) >= 11 is 3.56. The Hall–Kier alpha value is -2.57. The second kappa shape index (κ2) is 13.2. The number of aliphatic hydroxyl groups excluding tert-OH is 1. The molecule has 1 aliphatic rings. The summed E-state index contributed by atoms with van der Waals surface area (Å²) in [6.07, 6.45) is 0.537. The zero-order chi connectivity index (χ0) is 29.8. The molecule has 224 valence electrons. The zero-order valence-electron chi connectivity index (χ0n) is 24.8. The Morgan fingerprint density at radius 1 is 1.17 bits per heavy atom. The van der Waals surface area contributed by atoms with Gasteiger partial charge in [-0.15, -0.1) is 0 Å². The van der Waals surface area contributed by atoms with Crippen LogP contribution in [-0.4, -0.2) is 83.5 Å². The first-order chi connectivity index (χ1) is 19.4. The summed E-state index contributed by atoms with van der Waals surface area (Å²) in [5, 5.41) is 13.9. The van der Waals surface area contributed by atoms with Crippen molar-refractivity contribution in [3.63, 3.8) is 0 Å². The number of piperidine rings is 1. The van der Waals surface area contributed by atoms with Crippen LogP contribution >= 0.6 is 15.9 Å². The van der Waals surface area contributed by atoms with Crippen molar-refractivity contribution in [2.24, 2.45) is 0 Å². The van der Waals surface area contributed by atoms with E-state index in [1.165, 1.54) is 7.11 Å². The topological polar surface area (TPSA) is 108 Å². The van der Waals surface area contributed by atoms with Gasteiger partial charge in [-0.1, -0.05) is 28.1 Å².